The molecule has 1 aromatic rings. The molecule has 0 bridgehead atoms. The Morgan fingerprint density at radius 2 is 1.91 bits per heavy atom. The summed E-state index contributed by atoms with van der Waals surface area (Å²) >= 11 is 0. The summed E-state index contributed by atoms with van der Waals surface area (Å²) in [6, 6.07) is 7.55. The average molecular weight is 316 g/mol. The Balaban J connectivity index is 1.64. The van der Waals surface area contributed by atoms with Crippen LogP contribution in [0.3, 0.4) is 0 Å². The molecule has 3 rings (SSSR count). The maximum absolute atomic E-state index is 12.5. The molecule has 1 atom stereocenters. The van der Waals surface area contributed by atoms with Crippen molar-refractivity contribution in [3.05, 3.63) is 24.3 Å². The zero-order chi connectivity index (χ0) is 16.2. The fourth-order valence-electron chi connectivity index (χ4n) is 3.26. The summed E-state index contributed by atoms with van der Waals surface area (Å²) in [5.41, 5.74) is 0.843. The van der Waals surface area contributed by atoms with E-state index in [0.717, 1.165) is 43.8 Å². The van der Waals surface area contributed by atoms with Crippen molar-refractivity contribution in [2.24, 2.45) is 5.92 Å². The Labute approximate surface area is 137 Å². The second-order valence-corrected chi connectivity index (χ2v) is 6.28. The number of hydrogen-bond donors (Lipinski definition) is 0. The third-order valence-electron chi connectivity index (χ3n) is 4.51. The van der Waals surface area contributed by atoms with Gasteiger partial charge in [0.25, 0.3) is 0 Å². The first-order chi connectivity index (χ1) is 11.2. The van der Waals surface area contributed by atoms with Gasteiger partial charge in [0.2, 0.25) is 11.8 Å². The lowest BCUT2D eigenvalue weighted by atomic mass is 10.1. The van der Waals surface area contributed by atoms with Gasteiger partial charge in [-0.15, -0.1) is 0 Å². The van der Waals surface area contributed by atoms with Crippen LogP contribution in [0.15, 0.2) is 24.3 Å². The molecule has 2 heterocycles. The van der Waals surface area contributed by atoms with Gasteiger partial charge < -0.3 is 14.5 Å². The van der Waals surface area contributed by atoms with Crippen LogP contribution in [0.5, 0.6) is 5.75 Å². The first kappa shape index (κ1) is 15.8. The van der Waals surface area contributed by atoms with E-state index in [-0.39, 0.29) is 17.7 Å². The largest absolute Gasteiger partial charge is 0.494 e. The fraction of sp³-hybridized carbons (Fsp3) is 0.556. The number of amides is 2. The number of nitrogens with zero attached hydrogens (tertiary/aromatic N) is 2. The number of ether oxygens (including phenoxy) is 1. The number of hydrogen-bond acceptors (Lipinski definition) is 3. The standard InChI is InChI=1S/C18H24N2O3/c1-2-11-23-16-7-5-15(6-8-16)20-13-14(12-17(20)21)18(22)19-9-3-4-10-19/h5-8,14H,2-4,9-13H2,1H3/t14-/m0/s1. The predicted octanol–water partition coefficient (Wildman–Crippen LogP) is 2.45. The van der Waals surface area contributed by atoms with Crippen LogP contribution in [0.1, 0.15) is 32.6 Å². The fourth-order valence-corrected chi connectivity index (χ4v) is 3.26. The molecule has 2 amide bonds. The van der Waals surface area contributed by atoms with E-state index in [0.29, 0.717) is 19.6 Å². The molecule has 5 nitrogen and oxygen atoms in total. The summed E-state index contributed by atoms with van der Waals surface area (Å²) in [7, 11) is 0. The minimum atomic E-state index is -0.198. The van der Waals surface area contributed by atoms with Crippen LogP contribution in [0.25, 0.3) is 0 Å². The lowest BCUT2D eigenvalue weighted by molar-refractivity contribution is -0.134. The number of carbonyl (C=O) groups is 2. The van der Waals surface area contributed by atoms with Crippen molar-refractivity contribution in [1.29, 1.82) is 0 Å². The van der Waals surface area contributed by atoms with E-state index >= 15 is 0 Å². The van der Waals surface area contributed by atoms with Gasteiger partial charge in [-0.2, -0.15) is 0 Å². The molecule has 2 saturated heterocycles. The van der Waals surface area contributed by atoms with E-state index in [1.165, 1.54) is 0 Å². The average Bonchev–Trinajstić information content (AvgIpc) is 3.22. The highest BCUT2D eigenvalue weighted by molar-refractivity contribution is 6.00. The number of carbonyl (C=O) groups excluding carboxylic acids is 2. The highest BCUT2D eigenvalue weighted by Crippen LogP contribution is 2.28. The monoisotopic (exact) mass is 316 g/mol. The molecule has 0 saturated carbocycles. The molecule has 23 heavy (non-hydrogen) atoms. The SMILES string of the molecule is CCCOc1ccc(N2C[C@@H](C(=O)N3CCCC3)CC2=O)cc1. The van der Waals surface area contributed by atoms with E-state index < -0.39 is 0 Å². The molecule has 2 fully saturated rings. The number of benzene rings is 1. The van der Waals surface area contributed by atoms with Crippen molar-refractivity contribution in [3.63, 3.8) is 0 Å². The van der Waals surface area contributed by atoms with Gasteiger partial charge in [0.15, 0.2) is 0 Å². The van der Waals surface area contributed by atoms with Gasteiger partial charge in [-0.05, 0) is 43.5 Å². The lowest BCUT2D eigenvalue weighted by Crippen LogP contribution is -2.35. The predicted molar refractivity (Wildman–Crippen MR) is 88.5 cm³/mol. The van der Waals surface area contributed by atoms with Crippen molar-refractivity contribution in [2.75, 3.05) is 31.1 Å². The molecule has 0 spiro atoms. The van der Waals surface area contributed by atoms with E-state index in [1.54, 1.807) is 4.90 Å². The second kappa shape index (κ2) is 7.02. The Morgan fingerprint density at radius 3 is 2.57 bits per heavy atom. The van der Waals surface area contributed by atoms with E-state index in [4.69, 9.17) is 4.74 Å². The molecule has 0 radical (unpaired) electrons. The Hall–Kier alpha value is -2.04. The first-order valence-corrected chi connectivity index (χ1v) is 8.51. The molecule has 2 aliphatic heterocycles. The molecule has 5 heteroatoms. The maximum Gasteiger partial charge on any atom is 0.228 e. The second-order valence-electron chi connectivity index (χ2n) is 6.28. The molecular weight excluding hydrogens is 292 g/mol. The van der Waals surface area contributed by atoms with Gasteiger partial charge in [0.05, 0.1) is 12.5 Å². The van der Waals surface area contributed by atoms with Crippen molar-refractivity contribution in [3.8, 4) is 5.75 Å². The molecule has 0 N–H and O–H groups in total. The van der Waals surface area contributed by atoms with Gasteiger partial charge >= 0.3 is 0 Å². The van der Waals surface area contributed by atoms with Crippen LogP contribution in [0.4, 0.5) is 5.69 Å². The Bertz CT molecular complexity index is 564. The number of likely N-dealkylation sites (tertiary alicyclic amines) is 1. The zero-order valence-corrected chi connectivity index (χ0v) is 13.7. The van der Waals surface area contributed by atoms with Crippen LogP contribution in [-0.2, 0) is 9.59 Å². The van der Waals surface area contributed by atoms with Crippen LogP contribution in [-0.4, -0.2) is 43.0 Å². The highest BCUT2D eigenvalue weighted by atomic mass is 16.5. The molecule has 0 aromatic heterocycles. The smallest absolute Gasteiger partial charge is 0.228 e. The van der Waals surface area contributed by atoms with Crippen molar-refractivity contribution < 1.29 is 14.3 Å². The molecule has 0 aliphatic carbocycles. The van der Waals surface area contributed by atoms with Gasteiger partial charge in [-0.25, -0.2) is 0 Å². The van der Waals surface area contributed by atoms with Crippen molar-refractivity contribution in [1.82, 2.24) is 4.90 Å². The molecule has 2 aliphatic rings. The van der Waals surface area contributed by atoms with E-state index in [1.807, 2.05) is 29.2 Å². The minimum absolute atomic E-state index is 0.0322. The summed E-state index contributed by atoms with van der Waals surface area (Å²) in [4.78, 5) is 28.4. The van der Waals surface area contributed by atoms with Gasteiger partial charge in [-0.3, -0.25) is 9.59 Å². The topological polar surface area (TPSA) is 49.9 Å². The molecule has 0 unspecified atom stereocenters. The van der Waals surface area contributed by atoms with E-state index in [2.05, 4.69) is 6.92 Å². The quantitative estimate of drug-likeness (QED) is 0.838. The summed E-state index contributed by atoms with van der Waals surface area (Å²) < 4.78 is 5.56. The van der Waals surface area contributed by atoms with Gasteiger partial charge in [-0.1, -0.05) is 6.92 Å². The Morgan fingerprint density at radius 1 is 1.22 bits per heavy atom. The van der Waals surface area contributed by atoms with E-state index in [9.17, 15) is 9.59 Å². The number of anilines is 1. The summed E-state index contributed by atoms with van der Waals surface area (Å²) in [5.74, 6) is 0.787. The molecular formula is C18H24N2O3. The van der Waals surface area contributed by atoms with Crippen molar-refractivity contribution >= 4 is 17.5 Å². The maximum atomic E-state index is 12.5. The third kappa shape index (κ3) is 3.49. The van der Waals surface area contributed by atoms with Crippen molar-refractivity contribution in [2.45, 2.75) is 32.6 Å². The first-order valence-electron chi connectivity index (χ1n) is 8.51. The third-order valence-corrected chi connectivity index (χ3v) is 4.51. The summed E-state index contributed by atoms with van der Waals surface area (Å²) in [5, 5.41) is 0. The molecule has 124 valence electrons. The summed E-state index contributed by atoms with van der Waals surface area (Å²) in [6.45, 7) is 4.92. The lowest BCUT2D eigenvalue weighted by Gasteiger charge is -2.20. The normalized spacial score (nSPS) is 21.1. The van der Waals surface area contributed by atoms with Crippen LogP contribution >= 0.6 is 0 Å². The number of rotatable bonds is 5. The van der Waals surface area contributed by atoms with Crippen LogP contribution in [0.2, 0.25) is 0 Å². The zero-order valence-electron chi connectivity index (χ0n) is 13.7. The minimum Gasteiger partial charge on any atom is -0.494 e. The van der Waals surface area contributed by atoms with Crippen LogP contribution < -0.4 is 9.64 Å². The Kier molecular flexibility index (Phi) is 4.84. The molecule has 1 aromatic carbocycles. The highest BCUT2D eigenvalue weighted by Gasteiger charge is 2.37. The summed E-state index contributed by atoms with van der Waals surface area (Å²) in [6.07, 6.45) is 3.45. The van der Waals surface area contributed by atoms with Gasteiger partial charge in [0, 0.05) is 31.7 Å². The van der Waals surface area contributed by atoms with Crippen LogP contribution in [0, 0.1) is 5.92 Å². The van der Waals surface area contributed by atoms with Gasteiger partial charge in [0.1, 0.15) is 5.75 Å².